The van der Waals surface area contributed by atoms with Crippen molar-refractivity contribution in [2.45, 2.75) is 44.6 Å². The first-order chi connectivity index (χ1) is 18.7. The van der Waals surface area contributed by atoms with Crippen LogP contribution in [-0.4, -0.2) is 52.8 Å². The van der Waals surface area contributed by atoms with E-state index in [0.717, 1.165) is 6.07 Å². The fraction of sp³-hybridized carbons (Fsp3) is 0.429. The fourth-order valence-corrected chi connectivity index (χ4v) is 5.67. The molecule has 11 heteroatoms. The molecule has 210 valence electrons. The zero-order valence-electron chi connectivity index (χ0n) is 21.5. The molecule has 0 aliphatic carbocycles. The van der Waals surface area contributed by atoms with E-state index >= 15 is 0 Å². The first-order valence-corrected chi connectivity index (χ1v) is 13.2. The lowest BCUT2D eigenvalue weighted by atomic mass is 9.73. The number of aliphatic hydroxyl groups is 1. The number of hydrogen-bond acceptors (Lipinski definition) is 6. The first kappa shape index (κ1) is 29.1. The number of methoxy groups -OCH3 is 1. The van der Waals surface area contributed by atoms with Crippen molar-refractivity contribution in [2.75, 3.05) is 26.7 Å². The summed E-state index contributed by atoms with van der Waals surface area (Å²) in [7, 11) is 1.54. The van der Waals surface area contributed by atoms with E-state index in [-0.39, 0.29) is 18.4 Å². The SMILES string of the molecule is COc1ccc2ncc(Cl)c(C(O)CCC3(C(=O)NO)CCN(CCCc4cc(F)cc(F)c4F)CC3)c2c1. The van der Waals surface area contributed by atoms with Crippen LogP contribution in [0.4, 0.5) is 13.2 Å². The normalized spacial score (nSPS) is 16.3. The summed E-state index contributed by atoms with van der Waals surface area (Å²) in [6, 6.07) is 6.82. The lowest BCUT2D eigenvalue weighted by molar-refractivity contribution is -0.143. The number of benzene rings is 2. The van der Waals surface area contributed by atoms with Gasteiger partial charge in [-0.05, 0) is 88.0 Å². The molecule has 0 radical (unpaired) electrons. The van der Waals surface area contributed by atoms with E-state index in [1.807, 2.05) is 0 Å². The highest BCUT2D eigenvalue weighted by molar-refractivity contribution is 6.32. The molecule has 2 heterocycles. The minimum absolute atomic E-state index is 0.00702. The number of carbonyl (C=O) groups is 1. The Morgan fingerprint density at radius 1 is 1.23 bits per heavy atom. The van der Waals surface area contributed by atoms with Crippen molar-refractivity contribution >= 4 is 28.4 Å². The van der Waals surface area contributed by atoms with Gasteiger partial charge in [-0.1, -0.05) is 11.6 Å². The van der Waals surface area contributed by atoms with Crippen molar-refractivity contribution < 1.29 is 33.0 Å². The van der Waals surface area contributed by atoms with Gasteiger partial charge in [0.05, 0.1) is 29.2 Å². The Balaban J connectivity index is 1.40. The fourth-order valence-electron chi connectivity index (χ4n) is 5.39. The van der Waals surface area contributed by atoms with Crippen LogP contribution in [0.1, 0.15) is 49.3 Å². The number of aliphatic hydroxyl groups excluding tert-OH is 1. The monoisotopic (exact) mass is 565 g/mol. The molecule has 1 aliphatic heterocycles. The van der Waals surface area contributed by atoms with E-state index in [2.05, 4.69) is 9.88 Å². The second-order valence-electron chi connectivity index (χ2n) is 9.98. The van der Waals surface area contributed by atoms with Gasteiger partial charge in [-0.3, -0.25) is 15.0 Å². The lowest BCUT2D eigenvalue weighted by Gasteiger charge is -2.40. The summed E-state index contributed by atoms with van der Waals surface area (Å²) in [5.74, 6) is -2.98. The molecule has 0 bridgehead atoms. The summed E-state index contributed by atoms with van der Waals surface area (Å²) in [6.45, 7) is 1.61. The number of nitrogens with one attached hydrogen (secondary N) is 1. The number of amides is 1. The van der Waals surface area contributed by atoms with Gasteiger partial charge in [0.1, 0.15) is 11.6 Å². The van der Waals surface area contributed by atoms with Crippen LogP contribution >= 0.6 is 11.6 Å². The molecule has 4 rings (SSSR count). The number of likely N-dealkylation sites (tertiary alicyclic amines) is 1. The number of hydrogen-bond donors (Lipinski definition) is 3. The summed E-state index contributed by atoms with van der Waals surface area (Å²) >= 11 is 6.42. The smallest absolute Gasteiger partial charge is 0.249 e. The van der Waals surface area contributed by atoms with Gasteiger partial charge in [0.25, 0.3) is 0 Å². The third-order valence-electron chi connectivity index (χ3n) is 7.68. The highest BCUT2D eigenvalue weighted by Crippen LogP contribution is 2.41. The van der Waals surface area contributed by atoms with Crippen molar-refractivity contribution in [3.05, 3.63) is 70.1 Å². The van der Waals surface area contributed by atoms with Gasteiger partial charge in [-0.15, -0.1) is 0 Å². The van der Waals surface area contributed by atoms with Crippen LogP contribution in [0.3, 0.4) is 0 Å². The topological polar surface area (TPSA) is 94.9 Å². The average Bonchev–Trinajstić information content (AvgIpc) is 2.94. The molecule has 3 N–H and O–H groups in total. The molecule has 1 aromatic heterocycles. The highest BCUT2D eigenvalue weighted by atomic mass is 35.5. The summed E-state index contributed by atoms with van der Waals surface area (Å²) in [5.41, 5.74) is 2.02. The van der Waals surface area contributed by atoms with Crippen LogP contribution in [-0.2, 0) is 11.2 Å². The number of aromatic nitrogens is 1. The minimum atomic E-state index is -1.20. The van der Waals surface area contributed by atoms with Crippen molar-refractivity contribution in [2.24, 2.45) is 5.41 Å². The maximum Gasteiger partial charge on any atom is 0.249 e. The Morgan fingerprint density at radius 3 is 2.67 bits per heavy atom. The summed E-state index contributed by atoms with van der Waals surface area (Å²) < 4.78 is 46.2. The lowest BCUT2D eigenvalue weighted by Crippen LogP contribution is -2.48. The van der Waals surface area contributed by atoms with E-state index in [0.29, 0.717) is 78.6 Å². The highest BCUT2D eigenvalue weighted by Gasteiger charge is 2.41. The van der Waals surface area contributed by atoms with Crippen molar-refractivity contribution in [1.29, 1.82) is 0 Å². The summed E-state index contributed by atoms with van der Waals surface area (Å²) in [4.78, 5) is 19.2. The third kappa shape index (κ3) is 6.46. The van der Waals surface area contributed by atoms with Crippen molar-refractivity contribution in [1.82, 2.24) is 15.4 Å². The molecule has 1 atom stereocenters. The van der Waals surface area contributed by atoms with Crippen LogP contribution in [0.25, 0.3) is 10.9 Å². The molecular weight excluding hydrogens is 535 g/mol. The molecule has 1 aliphatic rings. The first-order valence-electron chi connectivity index (χ1n) is 12.8. The molecule has 1 fully saturated rings. The van der Waals surface area contributed by atoms with Crippen LogP contribution in [0, 0.1) is 22.9 Å². The molecule has 3 aromatic rings. The van der Waals surface area contributed by atoms with Crippen molar-refractivity contribution in [3.8, 4) is 5.75 Å². The number of piperidine rings is 1. The predicted octanol–water partition coefficient (Wildman–Crippen LogP) is 5.35. The van der Waals surface area contributed by atoms with E-state index in [9.17, 15) is 28.3 Å². The maximum absolute atomic E-state index is 13.9. The maximum atomic E-state index is 13.9. The van der Waals surface area contributed by atoms with E-state index < -0.39 is 34.9 Å². The van der Waals surface area contributed by atoms with Gasteiger partial charge in [0, 0.05) is 23.2 Å². The summed E-state index contributed by atoms with van der Waals surface area (Å²) in [5, 5.41) is 21.6. The average molecular weight is 566 g/mol. The number of nitrogens with zero attached hydrogens (tertiary/aromatic N) is 2. The Bertz CT molecular complexity index is 1340. The zero-order chi connectivity index (χ0) is 28.2. The Morgan fingerprint density at radius 2 is 1.97 bits per heavy atom. The molecular formula is C28H31ClF3N3O4. The molecule has 0 spiro atoms. The second kappa shape index (κ2) is 12.5. The van der Waals surface area contributed by atoms with Gasteiger partial charge in [-0.2, -0.15) is 0 Å². The minimum Gasteiger partial charge on any atom is -0.497 e. The number of halogens is 4. The molecule has 1 unspecified atom stereocenters. The van der Waals surface area contributed by atoms with Gasteiger partial charge >= 0.3 is 0 Å². The number of pyridine rings is 1. The van der Waals surface area contributed by atoms with E-state index in [4.69, 9.17) is 16.3 Å². The van der Waals surface area contributed by atoms with Crippen LogP contribution in [0.5, 0.6) is 5.75 Å². The van der Waals surface area contributed by atoms with E-state index in [1.54, 1.807) is 30.8 Å². The van der Waals surface area contributed by atoms with Gasteiger partial charge in [-0.25, -0.2) is 18.7 Å². The van der Waals surface area contributed by atoms with Gasteiger partial charge in [0.2, 0.25) is 5.91 Å². The number of rotatable bonds is 10. The number of hydroxylamine groups is 1. The molecule has 7 nitrogen and oxygen atoms in total. The predicted molar refractivity (Wildman–Crippen MR) is 140 cm³/mol. The Hall–Kier alpha value is -2.92. The van der Waals surface area contributed by atoms with E-state index in [1.165, 1.54) is 6.20 Å². The van der Waals surface area contributed by atoms with Gasteiger partial charge in [0.15, 0.2) is 11.6 Å². The summed E-state index contributed by atoms with van der Waals surface area (Å²) in [6.07, 6.45) is 2.51. The van der Waals surface area contributed by atoms with Gasteiger partial charge < -0.3 is 14.7 Å². The molecule has 1 amide bonds. The Labute approximate surface area is 229 Å². The largest absolute Gasteiger partial charge is 0.497 e. The zero-order valence-corrected chi connectivity index (χ0v) is 22.3. The number of carbonyl (C=O) groups excluding carboxylic acids is 1. The molecule has 1 saturated heterocycles. The third-order valence-corrected chi connectivity index (χ3v) is 7.98. The van der Waals surface area contributed by atoms with Crippen LogP contribution in [0.15, 0.2) is 36.5 Å². The molecule has 2 aromatic carbocycles. The number of aryl methyl sites for hydroxylation is 1. The van der Waals surface area contributed by atoms with Crippen LogP contribution in [0.2, 0.25) is 5.02 Å². The van der Waals surface area contributed by atoms with Crippen molar-refractivity contribution in [3.63, 3.8) is 0 Å². The number of ether oxygens (including phenoxy) is 1. The molecule has 39 heavy (non-hydrogen) atoms. The molecule has 0 saturated carbocycles. The number of fused-ring (bicyclic) bond motifs is 1. The standard InChI is InChI=1S/C28H31ClF3N3O4/c1-39-19-4-5-23-20(15-19)25(21(29)16-33-23)24(36)6-7-28(27(37)34-38)8-11-35(12-9-28)10-2-3-17-13-18(30)14-22(31)26(17)32/h4-5,13-16,24,36,38H,2-3,6-12H2,1H3,(H,34,37). The van der Waals surface area contributed by atoms with Crippen LogP contribution < -0.4 is 10.2 Å². The quantitative estimate of drug-likeness (QED) is 0.174. The second-order valence-corrected chi connectivity index (χ2v) is 10.4. The Kier molecular flexibility index (Phi) is 9.32.